The SMILES string of the molecule is CCOC(=O)C1=C(C)N=c2s/c(=C\c3cc(Br)c(O)c(OCC)c3)c(=O)n2[C@H]1c1ccc(OCC(=O)OC)c(OCC)c1. The van der Waals surface area contributed by atoms with Gasteiger partial charge in [-0.3, -0.25) is 9.36 Å². The first-order chi connectivity index (χ1) is 20.6. The minimum Gasteiger partial charge on any atom is -0.503 e. The van der Waals surface area contributed by atoms with Gasteiger partial charge in [0.2, 0.25) is 0 Å². The van der Waals surface area contributed by atoms with Crippen LogP contribution in [0.1, 0.15) is 44.9 Å². The summed E-state index contributed by atoms with van der Waals surface area (Å²) in [6.07, 6.45) is 1.67. The van der Waals surface area contributed by atoms with E-state index in [1.807, 2.05) is 0 Å². The molecule has 0 amide bonds. The molecule has 0 fully saturated rings. The molecule has 2 heterocycles. The Balaban J connectivity index is 1.91. The van der Waals surface area contributed by atoms with E-state index < -0.39 is 18.0 Å². The number of aromatic hydroxyl groups is 1. The van der Waals surface area contributed by atoms with Gasteiger partial charge in [0.25, 0.3) is 5.56 Å². The summed E-state index contributed by atoms with van der Waals surface area (Å²) in [6.45, 7) is 7.45. The summed E-state index contributed by atoms with van der Waals surface area (Å²) >= 11 is 4.50. The van der Waals surface area contributed by atoms with Crippen LogP contribution in [0.15, 0.2) is 55.9 Å². The lowest BCUT2D eigenvalue weighted by Gasteiger charge is -2.25. The molecule has 11 nitrogen and oxygen atoms in total. The summed E-state index contributed by atoms with van der Waals surface area (Å²) in [4.78, 5) is 43.9. The highest BCUT2D eigenvalue weighted by Crippen LogP contribution is 2.37. The molecule has 0 aliphatic carbocycles. The van der Waals surface area contributed by atoms with Crippen LogP contribution in [0.4, 0.5) is 0 Å². The summed E-state index contributed by atoms with van der Waals surface area (Å²) in [7, 11) is 1.26. The third-order valence-corrected chi connectivity index (χ3v) is 7.91. The minimum absolute atomic E-state index is 0.0423. The number of nitrogens with zero attached hydrogens (tertiary/aromatic N) is 2. The molecule has 0 bridgehead atoms. The highest BCUT2D eigenvalue weighted by atomic mass is 79.9. The van der Waals surface area contributed by atoms with Gasteiger partial charge < -0.3 is 28.8 Å². The first kappa shape index (κ1) is 31.8. The number of rotatable bonds is 11. The molecule has 0 radical (unpaired) electrons. The van der Waals surface area contributed by atoms with E-state index in [1.165, 1.54) is 11.7 Å². The topological polar surface area (TPSA) is 135 Å². The third-order valence-electron chi connectivity index (χ3n) is 6.32. The standard InChI is InChI=1S/C30H31BrN2O9S/c1-6-39-21-14-18(9-10-20(21)42-15-24(34)38-5)26-25(29(37)41-8-3)16(4)32-30-33(26)28(36)23(43-30)13-17-11-19(31)27(35)22(12-17)40-7-2/h9-14,26,35H,6-8,15H2,1-5H3/b23-13-/t26-/m0/s1. The molecular formula is C30H31BrN2O9S. The van der Waals surface area contributed by atoms with Gasteiger partial charge in [-0.25, -0.2) is 14.6 Å². The number of phenols is 1. The van der Waals surface area contributed by atoms with Gasteiger partial charge in [-0.2, -0.15) is 0 Å². The first-order valence-electron chi connectivity index (χ1n) is 13.4. The van der Waals surface area contributed by atoms with Crippen molar-refractivity contribution in [2.45, 2.75) is 33.7 Å². The number of carbonyl (C=O) groups excluding carboxylic acids is 2. The Morgan fingerprint density at radius 3 is 2.44 bits per heavy atom. The van der Waals surface area contributed by atoms with Gasteiger partial charge in [0.1, 0.15) is 0 Å². The number of aromatic nitrogens is 1. The molecule has 1 aliphatic heterocycles. The van der Waals surface area contributed by atoms with Gasteiger partial charge in [-0.1, -0.05) is 17.4 Å². The number of methoxy groups -OCH3 is 1. The molecule has 0 saturated carbocycles. The van der Waals surface area contributed by atoms with Crippen LogP contribution in [0.2, 0.25) is 0 Å². The number of fused-ring (bicyclic) bond motifs is 1. The van der Waals surface area contributed by atoms with Crippen molar-refractivity contribution in [1.29, 1.82) is 0 Å². The van der Waals surface area contributed by atoms with E-state index in [-0.39, 0.29) is 35.8 Å². The van der Waals surface area contributed by atoms with E-state index in [9.17, 15) is 19.5 Å². The Hall–Kier alpha value is -4.10. The normalized spacial score (nSPS) is 14.6. The number of hydrogen-bond acceptors (Lipinski definition) is 11. The maximum absolute atomic E-state index is 14.0. The zero-order valence-electron chi connectivity index (χ0n) is 24.3. The fourth-order valence-electron chi connectivity index (χ4n) is 4.48. The molecule has 1 aromatic heterocycles. The van der Waals surface area contributed by atoms with Crippen LogP contribution in [0.25, 0.3) is 6.08 Å². The van der Waals surface area contributed by atoms with Crippen LogP contribution < -0.4 is 29.1 Å². The van der Waals surface area contributed by atoms with E-state index in [0.717, 1.165) is 11.3 Å². The van der Waals surface area contributed by atoms with Crippen molar-refractivity contribution < 1.29 is 38.4 Å². The molecule has 3 aromatic rings. The first-order valence-corrected chi connectivity index (χ1v) is 15.1. The quantitative estimate of drug-likeness (QED) is 0.303. The van der Waals surface area contributed by atoms with Crippen molar-refractivity contribution in [3.63, 3.8) is 0 Å². The van der Waals surface area contributed by atoms with Gasteiger partial charge in [0.15, 0.2) is 34.4 Å². The Bertz CT molecular complexity index is 1760. The van der Waals surface area contributed by atoms with Gasteiger partial charge in [0.05, 0.1) is 53.2 Å². The lowest BCUT2D eigenvalue weighted by molar-refractivity contribution is -0.143. The molecule has 228 valence electrons. The molecule has 1 aliphatic rings. The fraction of sp³-hybridized carbons (Fsp3) is 0.333. The van der Waals surface area contributed by atoms with Gasteiger partial charge >= 0.3 is 11.9 Å². The second-order valence-electron chi connectivity index (χ2n) is 9.09. The lowest BCUT2D eigenvalue weighted by atomic mass is 9.95. The van der Waals surface area contributed by atoms with Crippen molar-refractivity contribution in [2.24, 2.45) is 4.99 Å². The zero-order valence-corrected chi connectivity index (χ0v) is 26.7. The number of esters is 2. The molecule has 1 N–H and O–H groups in total. The predicted molar refractivity (Wildman–Crippen MR) is 162 cm³/mol. The maximum Gasteiger partial charge on any atom is 0.343 e. The number of carbonyl (C=O) groups is 2. The molecule has 43 heavy (non-hydrogen) atoms. The number of benzene rings is 2. The molecule has 13 heteroatoms. The molecule has 0 saturated heterocycles. The minimum atomic E-state index is -0.892. The average Bonchev–Trinajstić information content (AvgIpc) is 3.28. The Morgan fingerprint density at radius 2 is 1.77 bits per heavy atom. The summed E-state index contributed by atoms with van der Waals surface area (Å²) in [5.74, 6) is -0.316. The smallest absolute Gasteiger partial charge is 0.343 e. The maximum atomic E-state index is 14.0. The number of thiazole rings is 1. The van der Waals surface area contributed by atoms with Gasteiger partial charge in [0, 0.05) is 0 Å². The van der Waals surface area contributed by atoms with E-state index in [1.54, 1.807) is 64.1 Å². The zero-order chi connectivity index (χ0) is 31.3. The number of phenolic OH excluding ortho intramolecular Hbond substituents is 1. The van der Waals surface area contributed by atoms with Gasteiger partial charge in [-0.05, 0) is 85.1 Å². The third kappa shape index (κ3) is 6.78. The fourth-order valence-corrected chi connectivity index (χ4v) is 5.99. The van der Waals surface area contributed by atoms with E-state index >= 15 is 0 Å². The van der Waals surface area contributed by atoms with Crippen molar-refractivity contribution in [3.05, 3.63) is 76.9 Å². The van der Waals surface area contributed by atoms with Crippen LogP contribution >= 0.6 is 27.3 Å². The summed E-state index contributed by atoms with van der Waals surface area (Å²) in [5.41, 5.74) is 1.39. The van der Waals surface area contributed by atoms with Crippen molar-refractivity contribution in [2.75, 3.05) is 33.5 Å². The Morgan fingerprint density at radius 1 is 1.05 bits per heavy atom. The van der Waals surface area contributed by atoms with Gasteiger partial charge in [-0.15, -0.1) is 0 Å². The molecule has 1 atom stereocenters. The molecule has 4 rings (SSSR count). The summed E-state index contributed by atoms with van der Waals surface area (Å²) in [5, 5.41) is 10.3. The number of allylic oxidation sites excluding steroid dienone is 1. The largest absolute Gasteiger partial charge is 0.503 e. The Kier molecular flexibility index (Phi) is 10.3. The monoisotopic (exact) mass is 674 g/mol. The van der Waals surface area contributed by atoms with E-state index in [2.05, 4.69) is 25.7 Å². The van der Waals surface area contributed by atoms with E-state index in [4.69, 9.17) is 18.9 Å². The second kappa shape index (κ2) is 13.9. The van der Waals surface area contributed by atoms with Crippen LogP contribution in [-0.4, -0.2) is 55.1 Å². The summed E-state index contributed by atoms with van der Waals surface area (Å²) < 4.78 is 29.2. The number of halogens is 1. The average molecular weight is 676 g/mol. The number of hydrogen-bond donors (Lipinski definition) is 1. The molecule has 2 aromatic carbocycles. The van der Waals surface area contributed by atoms with Crippen LogP contribution in [-0.2, 0) is 19.1 Å². The predicted octanol–water partition coefficient (Wildman–Crippen LogP) is 3.62. The second-order valence-corrected chi connectivity index (χ2v) is 11.0. The van der Waals surface area contributed by atoms with Crippen molar-refractivity contribution in [3.8, 4) is 23.0 Å². The molecule has 0 unspecified atom stereocenters. The van der Waals surface area contributed by atoms with Crippen LogP contribution in [0, 0.1) is 0 Å². The number of ether oxygens (including phenoxy) is 5. The van der Waals surface area contributed by atoms with Crippen molar-refractivity contribution >= 4 is 45.3 Å². The Labute approximate surface area is 259 Å². The van der Waals surface area contributed by atoms with E-state index in [0.29, 0.717) is 55.3 Å². The lowest BCUT2D eigenvalue weighted by Crippen LogP contribution is -2.40. The van der Waals surface area contributed by atoms with Crippen LogP contribution in [0.3, 0.4) is 0 Å². The molecule has 0 spiro atoms. The highest BCUT2D eigenvalue weighted by molar-refractivity contribution is 9.10. The van der Waals surface area contributed by atoms with Crippen LogP contribution in [0.5, 0.6) is 23.0 Å². The molecular weight excluding hydrogens is 644 g/mol. The van der Waals surface area contributed by atoms with Crippen molar-refractivity contribution in [1.82, 2.24) is 4.57 Å². The summed E-state index contributed by atoms with van der Waals surface area (Å²) in [6, 6.07) is 7.39. The highest BCUT2D eigenvalue weighted by Gasteiger charge is 2.34.